The quantitative estimate of drug-likeness (QED) is 0.871. The van der Waals surface area contributed by atoms with Gasteiger partial charge in [-0.1, -0.05) is 17.7 Å². The Kier molecular flexibility index (Phi) is 3.93. The highest BCUT2D eigenvalue weighted by Crippen LogP contribution is 2.38. The molecule has 2 aromatic carbocycles. The zero-order chi connectivity index (χ0) is 14.8. The Bertz CT molecular complexity index is 657. The summed E-state index contributed by atoms with van der Waals surface area (Å²) in [7, 11) is 0. The van der Waals surface area contributed by atoms with Crippen LogP contribution < -0.4 is 10.1 Å². The van der Waals surface area contributed by atoms with E-state index in [2.05, 4.69) is 5.32 Å². The first kappa shape index (κ1) is 14.1. The molecule has 0 saturated heterocycles. The van der Waals surface area contributed by atoms with Gasteiger partial charge in [0.25, 0.3) is 0 Å². The summed E-state index contributed by atoms with van der Waals surface area (Å²) in [6, 6.07) is 11.4. The van der Waals surface area contributed by atoms with E-state index < -0.39 is 0 Å². The van der Waals surface area contributed by atoms with Crippen molar-refractivity contribution in [2.75, 3.05) is 11.9 Å². The minimum Gasteiger partial charge on any atom is -0.508 e. The molecule has 21 heavy (non-hydrogen) atoms. The summed E-state index contributed by atoms with van der Waals surface area (Å²) in [4.78, 5) is 0. The molecule has 110 valence electrons. The molecule has 1 aliphatic carbocycles. The predicted molar refractivity (Wildman–Crippen MR) is 85.4 cm³/mol. The molecule has 1 unspecified atom stereocenters. The van der Waals surface area contributed by atoms with Gasteiger partial charge in [0, 0.05) is 5.02 Å². The Morgan fingerprint density at radius 1 is 1.29 bits per heavy atom. The van der Waals surface area contributed by atoms with E-state index in [1.807, 2.05) is 37.3 Å². The summed E-state index contributed by atoms with van der Waals surface area (Å²) in [5.74, 6) is 1.14. The van der Waals surface area contributed by atoms with Crippen molar-refractivity contribution < 1.29 is 9.84 Å². The largest absolute Gasteiger partial charge is 0.508 e. The third kappa shape index (κ3) is 2.93. The lowest BCUT2D eigenvalue weighted by Crippen LogP contribution is -2.08. The van der Waals surface area contributed by atoms with Crippen molar-refractivity contribution >= 4 is 17.3 Å². The number of hydrogen-bond donors (Lipinski definition) is 2. The summed E-state index contributed by atoms with van der Waals surface area (Å²) in [5, 5.41) is 13.8. The third-order valence-corrected chi connectivity index (χ3v) is 4.01. The number of halogens is 1. The molecule has 2 N–H and O–H groups in total. The van der Waals surface area contributed by atoms with Crippen LogP contribution in [0.4, 0.5) is 5.69 Å². The summed E-state index contributed by atoms with van der Waals surface area (Å²) < 4.78 is 5.65. The Morgan fingerprint density at radius 3 is 2.95 bits per heavy atom. The van der Waals surface area contributed by atoms with E-state index >= 15 is 0 Å². The van der Waals surface area contributed by atoms with Crippen molar-refractivity contribution in [3.8, 4) is 11.5 Å². The van der Waals surface area contributed by atoms with Crippen LogP contribution in [0, 0.1) is 0 Å². The number of phenols is 1. The topological polar surface area (TPSA) is 41.5 Å². The second-order valence-electron chi connectivity index (χ2n) is 5.19. The average Bonchev–Trinajstić information content (AvgIpc) is 2.84. The number of nitrogens with one attached hydrogen (secondary N) is 1. The molecule has 3 nitrogen and oxygen atoms in total. The Balaban J connectivity index is 1.87. The van der Waals surface area contributed by atoms with Crippen molar-refractivity contribution in [1.29, 1.82) is 0 Å². The predicted octanol–water partition coefficient (Wildman–Crippen LogP) is 4.54. The number of phenolic OH excluding ortho intramolecular Hbond substituents is 1. The van der Waals surface area contributed by atoms with Crippen molar-refractivity contribution in [1.82, 2.24) is 0 Å². The number of ether oxygens (including phenoxy) is 1. The molecule has 0 aliphatic heterocycles. The van der Waals surface area contributed by atoms with E-state index in [0.717, 1.165) is 24.3 Å². The maximum Gasteiger partial charge on any atom is 0.142 e. The molecular weight excluding hydrogens is 286 g/mol. The second kappa shape index (κ2) is 5.86. The zero-order valence-corrected chi connectivity index (χ0v) is 12.7. The van der Waals surface area contributed by atoms with Crippen molar-refractivity contribution in [2.45, 2.75) is 25.8 Å². The van der Waals surface area contributed by atoms with Crippen LogP contribution in [0.1, 0.15) is 30.5 Å². The number of benzene rings is 2. The molecule has 0 amide bonds. The fourth-order valence-electron chi connectivity index (χ4n) is 2.84. The van der Waals surface area contributed by atoms with Gasteiger partial charge < -0.3 is 15.2 Å². The van der Waals surface area contributed by atoms with Gasteiger partial charge in [0.05, 0.1) is 18.3 Å². The molecule has 1 atom stereocenters. The van der Waals surface area contributed by atoms with Crippen LogP contribution in [0.3, 0.4) is 0 Å². The van der Waals surface area contributed by atoms with E-state index in [4.69, 9.17) is 16.3 Å². The average molecular weight is 304 g/mol. The van der Waals surface area contributed by atoms with Gasteiger partial charge >= 0.3 is 0 Å². The lowest BCUT2D eigenvalue weighted by Gasteiger charge is -2.18. The molecule has 0 bridgehead atoms. The highest BCUT2D eigenvalue weighted by molar-refractivity contribution is 6.30. The third-order valence-electron chi connectivity index (χ3n) is 3.78. The molecule has 0 saturated carbocycles. The van der Waals surface area contributed by atoms with E-state index in [-0.39, 0.29) is 6.04 Å². The highest BCUT2D eigenvalue weighted by atomic mass is 35.5. The SMILES string of the molecule is CCOc1ccc(Cl)cc1NC1CCc2cc(O)ccc21. The summed E-state index contributed by atoms with van der Waals surface area (Å²) in [6.07, 6.45) is 1.96. The molecule has 4 heteroatoms. The van der Waals surface area contributed by atoms with E-state index in [0.29, 0.717) is 17.4 Å². The van der Waals surface area contributed by atoms with Crippen LogP contribution in [-0.4, -0.2) is 11.7 Å². The molecule has 0 radical (unpaired) electrons. The monoisotopic (exact) mass is 303 g/mol. The minimum atomic E-state index is 0.221. The fourth-order valence-corrected chi connectivity index (χ4v) is 3.01. The van der Waals surface area contributed by atoms with Crippen LogP contribution in [0.2, 0.25) is 5.02 Å². The summed E-state index contributed by atoms with van der Waals surface area (Å²) >= 11 is 6.09. The molecule has 0 heterocycles. The van der Waals surface area contributed by atoms with E-state index in [1.54, 1.807) is 6.07 Å². The number of rotatable bonds is 4. The number of fused-ring (bicyclic) bond motifs is 1. The van der Waals surface area contributed by atoms with Crippen molar-refractivity contribution in [3.05, 3.63) is 52.5 Å². The molecule has 1 aliphatic rings. The van der Waals surface area contributed by atoms with E-state index in [9.17, 15) is 5.11 Å². The second-order valence-corrected chi connectivity index (χ2v) is 5.63. The van der Waals surface area contributed by atoms with Crippen molar-refractivity contribution in [2.24, 2.45) is 0 Å². The van der Waals surface area contributed by atoms with Crippen LogP contribution in [0.25, 0.3) is 0 Å². The standard InChI is InChI=1S/C17H18ClNO2/c1-2-21-17-8-4-12(18)10-16(17)19-15-7-3-11-9-13(20)5-6-14(11)15/h4-6,8-10,15,19-20H,2-3,7H2,1H3. The van der Waals surface area contributed by atoms with Gasteiger partial charge in [0.15, 0.2) is 0 Å². The van der Waals surface area contributed by atoms with Gasteiger partial charge in [-0.3, -0.25) is 0 Å². The highest BCUT2D eigenvalue weighted by Gasteiger charge is 2.23. The lowest BCUT2D eigenvalue weighted by atomic mass is 10.1. The van der Waals surface area contributed by atoms with Crippen LogP contribution in [0.5, 0.6) is 11.5 Å². The number of aromatic hydroxyl groups is 1. The molecule has 3 rings (SSSR count). The first-order valence-corrected chi connectivity index (χ1v) is 7.56. The molecule has 2 aromatic rings. The van der Waals surface area contributed by atoms with Crippen LogP contribution >= 0.6 is 11.6 Å². The first-order valence-electron chi connectivity index (χ1n) is 7.18. The Hall–Kier alpha value is -1.87. The number of anilines is 1. The van der Waals surface area contributed by atoms with Crippen molar-refractivity contribution in [3.63, 3.8) is 0 Å². The van der Waals surface area contributed by atoms with Crippen LogP contribution in [0.15, 0.2) is 36.4 Å². The van der Waals surface area contributed by atoms with Gasteiger partial charge in [0.1, 0.15) is 11.5 Å². The number of hydrogen-bond acceptors (Lipinski definition) is 3. The first-order chi connectivity index (χ1) is 10.2. The van der Waals surface area contributed by atoms with Gasteiger partial charge in [-0.2, -0.15) is 0 Å². The molecular formula is C17H18ClNO2. The Morgan fingerprint density at radius 2 is 2.14 bits per heavy atom. The maximum absolute atomic E-state index is 9.57. The van der Waals surface area contributed by atoms with Gasteiger partial charge in [-0.25, -0.2) is 0 Å². The van der Waals surface area contributed by atoms with Gasteiger partial charge in [0.2, 0.25) is 0 Å². The molecule has 0 fully saturated rings. The van der Waals surface area contributed by atoms with E-state index in [1.165, 1.54) is 11.1 Å². The molecule has 0 aromatic heterocycles. The number of aryl methyl sites for hydroxylation is 1. The van der Waals surface area contributed by atoms with Gasteiger partial charge in [-0.05, 0) is 61.2 Å². The molecule has 0 spiro atoms. The smallest absolute Gasteiger partial charge is 0.142 e. The minimum absolute atomic E-state index is 0.221. The van der Waals surface area contributed by atoms with Gasteiger partial charge in [-0.15, -0.1) is 0 Å². The van der Waals surface area contributed by atoms with Crippen LogP contribution in [-0.2, 0) is 6.42 Å². The Labute approximate surface area is 129 Å². The fraction of sp³-hybridized carbons (Fsp3) is 0.294. The zero-order valence-electron chi connectivity index (χ0n) is 11.9. The maximum atomic E-state index is 9.57. The summed E-state index contributed by atoms with van der Waals surface area (Å²) in [5.41, 5.74) is 3.35. The normalized spacial score (nSPS) is 16.6. The lowest BCUT2D eigenvalue weighted by molar-refractivity contribution is 0.341. The summed E-state index contributed by atoms with van der Waals surface area (Å²) in [6.45, 7) is 2.58.